The summed E-state index contributed by atoms with van der Waals surface area (Å²) in [6.07, 6.45) is -12.1. The van der Waals surface area contributed by atoms with Crippen molar-refractivity contribution < 1.29 is 103 Å². The number of anilines is 3. The van der Waals surface area contributed by atoms with Crippen LogP contribution in [0.4, 0.5) is 17.7 Å². The van der Waals surface area contributed by atoms with E-state index in [1.165, 1.54) is 29.7 Å². The van der Waals surface area contributed by atoms with Gasteiger partial charge in [0.15, 0.2) is 52.5 Å². The first kappa shape index (κ1) is 56.6. The number of aromatic amines is 2. The molecule has 3 aliphatic heterocycles. The average Bonchev–Trinajstić information content (AvgIpc) is 4.24. The van der Waals surface area contributed by atoms with E-state index in [0.29, 0.717) is 0 Å². The van der Waals surface area contributed by atoms with Crippen molar-refractivity contribution in [3.8, 4) is 0 Å². The van der Waals surface area contributed by atoms with Gasteiger partial charge in [0.1, 0.15) is 54.6 Å². The minimum Gasteiger partial charge on any atom is -0.387 e. The van der Waals surface area contributed by atoms with Crippen molar-refractivity contribution in [2.24, 2.45) is 5.92 Å². The third-order valence-corrected chi connectivity index (χ3v) is 17.2. The van der Waals surface area contributed by atoms with E-state index >= 15 is 0 Å². The Morgan fingerprint density at radius 1 is 0.571 bits per heavy atom. The van der Waals surface area contributed by atoms with Crippen molar-refractivity contribution in [1.82, 2.24) is 58.6 Å². The van der Waals surface area contributed by atoms with Crippen molar-refractivity contribution in [2.75, 3.05) is 65.0 Å². The number of hydrogen-bond donors (Lipinski definition) is 11. The molecule has 3 saturated heterocycles. The van der Waals surface area contributed by atoms with Crippen LogP contribution in [-0.2, 0) is 73.4 Å². The number of rotatable bonds is 22. The van der Waals surface area contributed by atoms with Gasteiger partial charge in [-0.05, 0) is 0 Å². The zero-order valence-electron chi connectivity index (χ0n) is 39.6. The van der Waals surface area contributed by atoms with Gasteiger partial charge in [-0.2, -0.15) is 18.6 Å². The number of nitrogens with zero attached hydrogens (tertiary/aromatic N) is 10. The second-order valence-electron chi connectivity index (χ2n) is 16.8. The largest absolute Gasteiger partial charge is 0.490 e. The number of nitrogens with one attached hydrogen (secondary N) is 2. The molecule has 6 aromatic heterocycles. The SMILES string of the molecule is COC[C@H]1[C@@H](OC)[C@H](n2cnc3c(=O)[nH]c(N)nc32)O[C@@H]1COP(=O)(O)OP(=O)(O)OP(=O)(O)OC[C@H]1O[C@@H](n2cnc3c(N)ncnc32)[C@H](OC)[C@@H]1OP(=O)(O)OC[C@H]1O[C@@H](n2cnc3c(=O)[nH]c(N)nc32)[C@H](O)[C@@H]1O. The molecule has 0 spiro atoms. The fourth-order valence-electron chi connectivity index (χ4n) is 8.72. The van der Waals surface area contributed by atoms with Crippen molar-refractivity contribution in [3.63, 3.8) is 0 Å². The van der Waals surface area contributed by atoms with Crippen LogP contribution in [0.15, 0.2) is 34.9 Å². The maximum atomic E-state index is 13.7. The molecule has 422 valence electrons. The number of imidazole rings is 3. The Hall–Kier alpha value is -5.15. The fraction of sp³-hybridized carbons (Fsp3) is 0.559. The van der Waals surface area contributed by atoms with E-state index in [4.69, 9.17) is 63.7 Å². The third kappa shape index (κ3) is 11.6. The summed E-state index contributed by atoms with van der Waals surface area (Å²) in [5, 5.41) is 21.8. The minimum absolute atomic E-state index is 0.0194. The molecule has 3 fully saturated rings. The summed E-state index contributed by atoms with van der Waals surface area (Å²) in [4.78, 5) is 100. The van der Waals surface area contributed by atoms with Crippen LogP contribution in [-0.4, -0.2) is 185 Å². The van der Waals surface area contributed by atoms with Gasteiger partial charge in [0.2, 0.25) is 11.9 Å². The van der Waals surface area contributed by atoms with Crippen LogP contribution in [0.2, 0.25) is 0 Å². The molecule has 0 bridgehead atoms. The molecule has 39 nitrogen and oxygen atoms in total. The van der Waals surface area contributed by atoms with E-state index in [-0.39, 0.29) is 57.8 Å². The third-order valence-electron chi connectivity index (χ3n) is 12.0. The molecule has 77 heavy (non-hydrogen) atoms. The van der Waals surface area contributed by atoms with Crippen LogP contribution in [0.5, 0.6) is 0 Å². The Morgan fingerprint density at radius 3 is 1.62 bits per heavy atom. The number of methoxy groups -OCH3 is 3. The van der Waals surface area contributed by atoms with Crippen molar-refractivity contribution in [3.05, 3.63) is 46.0 Å². The summed E-state index contributed by atoms with van der Waals surface area (Å²) < 4.78 is 120. The molecule has 9 rings (SSSR count). The first-order valence-electron chi connectivity index (χ1n) is 21.9. The first-order chi connectivity index (χ1) is 36.3. The summed E-state index contributed by atoms with van der Waals surface area (Å²) in [5.74, 6) is -1.46. The Balaban J connectivity index is 0.871. The van der Waals surface area contributed by atoms with Crippen LogP contribution in [0, 0.1) is 5.92 Å². The second kappa shape index (κ2) is 21.8. The molecule has 0 aliphatic carbocycles. The lowest BCUT2D eigenvalue weighted by atomic mass is 9.99. The predicted octanol–water partition coefficient (Wildman–Crippen LogP) is -2.58. The Labute approximate surface area is 427 Å². The zero-order valence-corrected chi connectivity index (χ0v) is 43.2. The summed E-state index contributed by atoms with van der Waals surface area (Å²) in [5.41, 5.74) is 15.5. The van der Waals surface area contributed by atoms with Gasteiger partial charge in [0.25, 0.3) is 11.1 Å². The summed E-state index contributed by atoms with van der Waals surface area (Å²) in [6.45, 7) is -3.23. The van der Waals surface area contributed by atoms with E-state index in [0.717, 1.165) is 30.7 Å². The maximum Gasteiger partial charge on any atom is 0.490 e. The number of aromatic nitrogens is 12. The highest BCUT2D eigenvalue weighted by molar-refractivity contribution is 7.66. The Morgan fingerprint density at radius 2 is 1.05 bits per heavy atom. The molecular weight excluding hydrogens is 1130 g/mol. The molecule has 0 saturated carbocycles. The topological polar surface area (TPSA) is 549 Å². The van der Waals surface area contributed by atoms with Crippen LogP contribution in [0.1, 0.15) is 18.7 Å². The number of nitrogens with two attached hydrogens (primary N) is 3. The van der Waals surface area contributed by atoms with Gasteiger partial charge in [0, 0.05) is 27.2 Å². The number of aliphatic hydroxyl groups excluding tert-OH is 2. The Kier molecular flexibility index (Phi) is 16.0. The normalized spacial score (nSPS) is 30.0. The van der Waals surface area contributed by atoms with Gasteiger partial charge in [-0.3, -0.25) is 51.4 Å². The molecule has 14 N–H and O–H groups in total. The van der Waals surface area contributed by atoms with Gasteiger partial charge < -0.3 is 75.4 Å². The molecule has 0 radical (unpaired) electrons. The molecule has 16 atom stereocenters. The molecule has 4 unspecified atom stereocenters. The first-order valence-corrected chi connectivity index (χ1v) is 27.9. The summed E-state index contributed by atoms with van der Waals surface area (Å²) in [6, 6.07) is 0. The molecule has 3 aliphatic rings. The number of aliphatic hydroxyl groups is 2. The van der Waals surface area contributed by atoms with Gasteiger partial charge in [-0.25, -0.2) is 43.2 Å². The number of nitrogen functional groups attached to an aromatic ring is 3. The van der Waals surface area contributed by atoms with E-state index in [9.17, 15) is 57.6 Å². The monoisotopic (exact) mass is 1170 g/mol. The highest BCUT2D eigenvalue weighted by atomic mass is 31.3. The predicted molar refractivity (Wildman–Crippen MR) is 250 cm³/mol. The minimum atomic E-state index is -6.16. The lowest BCUT2D eigenvalue weighted by molar-refractivity contribution is -0.0584. The number of phosphoric ester groups is 3. The van der Waals surface area contributed by atoms with Gasteiger partial charge >= 0.3 is 31.3 Å². The van der Waals surface area contributed by atoms with Crippen molar-refractivity contribution in [1.29, 1.82) is 0 Å². The number of hydrogen-bond acceptors (Lipinski definition) is 30. The van der Waals surface area contributed by atoms with E-state index in [2.05, 4.69) is 53.5 Å². The molecule has 43 heteroatoms. The average molecular weight is 1170 g/mol. The maximum absolute atomic E-state index is 13.7. The van der Waals surface area contributed by atoms with Gasteiger partial charge in [0.05, 0.1) is 51.5 Å². The number of fused-ring (bicyclic) bond motifs is 3. The lowest BCUT2D eigenvalue weighted by Gasteiger charge is -2.26. The highest BCUT2D eigenvalue weighted by Gasteiger charge is 2.54. The van der Waals surface area contributed by atoms with Crippen LogP contribution < -0.4 is 28.3 Å². The smallest absolute Gasteiger partial charge is 0.387 e. The quantitative estimate of drug-likeness (QED) is 0.0311. The van der Waals surface area contributed by atoms with E-state index in [1.807, 2.05) is 0 Å². The van der Waals surface area contributed by atoms with Crippen LogP contribution in [0.3, 0.4) is 0 Å². The number of phosphoric acid groups is 4. The molecule has 6 aromatic rings. The second-order valence-corrected chi connectivity index (χ2v) is 22.9. The zero-order chi connectivity index (χ0) is 55.5. The van der Waals surface area contributed by atoms with E-state index < -0.39 is 136 Å². The van der Waals surface area contributed by atoms with Crippen molar-refractivity contribution in [2.45, 2.75) is 67.5 Å². The summed E-state index contributed by atoms with van der Waals surface area (Å²) in [7, 11) is -19.6. The summed E-state index contributed by atoms with van der Waals surface area (Å²) >= 11 is 0. The van der Waals surface area contributed by atoms with E-state index in [1.54, 1.807) is 0 Å². The highest BCUT2D eigenvalue weighted by Crippen LogP contribution is 2.68. The van der Waals surface area contributed by atoms with Crippen LogP contribution in [0.25, 0.3) is 33.5 Å². The molecule has 0 aromatic carbocycles. The Bertz CT molecular complexity index is 3470. The number of ether oxygens (including phenoxy) is 6. The fourth-order valence-corrected chi connectivity index (χ4v) is 13.2. The van der Waals surface area contributed by atoms with Gasteiger partial charge in [-0.1, -0.05) is 0 Å². The molecule has 0 amide bonds. The van der Waals surface area contributed by atoms with Gasteiger partial charge in [-0.15, -0.1) is 0 Å². The lowest BCUT2D eigenvalue weighted by Crippen LogP contribution is -2.38. The molecular formula is C34H47N15O24P4. The molecule has 9 heterocycles. The van der Waals surface area contributed by atoms with Crippen LogP contribution >= 0.6 is 31.3 Å². The van der Waals surface area contributed by atoms with Crippen molar-refractivity contribution >= 4 is 82.5 Å². The number of H-pyrrole nitrogens is 2. The standard InChI is InChI=1S/C34H47N15O24P4/c1-62-4-12-13(68-31(21(12)63-2)49-11-42-18-27(49)44-34(37)46-29(18)53)5-66-75(56,57)72-77(60,61)73-76(58,59)67-7-15-22(23(64-3)32(70-15)47-9-40-16-24(35)38-8-39-25(16)47)71-74(54,55)65-6-14-19(50)20(51)30(69-14)48-10-41-17-26(48)43-33(36)45-28(17)52/h8-15,19-23,30-32,50-51H,4-7H2,1-3H3,(H,54,55)(H,56,57)(H,58,59)(H,60,61)(H2,35,38,39)(H3,36,43,45,52)(H3,37,44,46,53)/t12-,13-,14-,15-,19-,20-,21-,22-,23-,30-,31-,32-/m1/s1.